The van der Waals surface area contributed by atoms with Crippen LogP contribution in [-0.2, 0) is 17.8 Å². The molecule has 2 aliphatic heterocycles. The van der Waals surface area contributed by atoms with Gasteiger partial charge in [0.15, 0.2) is 11.5 Å². The molecule has 3 amide bonds. The van der Waals surface area contributed by atoms with E-state index in [-0.39, 0.29) is 49.4 Å². The Morgan fingerprint density at radius 3 is 2.36 bits per heavy atom. The second-order valence-corrected chi connectivity index (χ2v) is 11.6. The minimum atomic E-state index is -0.971. The molecule has 0 bridgehead atoms. The van der Waals surface area contributed by atoms with Crippen molar-refractivity contribution in [1.29, 1.82) is 0 Å². The molecule has 2 aliphatic rings. The number of hydrogen-bond acceptors (Lipinski definition) is 8. The van der Waals surface area contributed by atoms with E-state index in [1.54, 1.807) is 65.6 Å². The lowest BCUT2D eigenvalue weighted by Gasteiger charge is -2.34. The Labute approximate surface area is 261 Å². The number of nitrogens with zero attached hydrogens (tertiary/aromatic N) is 2. The van der Waals surface area contributed by atoms with Crippen molar-refractivity contribution >= 4 is 29.3 Å². The van der Waals surface area contributed by atoms with Gasteiger partial charge in [0.05, 0.1) is 24.6 Å². The molecule has 2 heterocycles. The van der Waals surface area contributed by atoms with Crippen molar-refractivity contribution in [3.05, 3.63) is 77.4 Å². The van der Waals surface area contributed by atoms with E-state index in [1.807, 2.05) is 20.9 Å². The number of aromatic carboxylic acids is 1. The number of hydrogen-bond donors (Lipinski definition) is 4. The largest absolute Gasteiger partial charge is 0.488 e. The Morgan fingerprint density at radius 2 is 1.67 bits per heavy atom. The highest BCUT2D eigenvalue weighted by atomic mass is 16.7. The molecule has 0 unspecified atom stereocenters. The monoisotopic (exact) mass is 618 g/mol. The predicted octanol–water partition coefficient (Wildman–Crippen LogP) is 4.04. The molecule has 0 aliphatic carbocycles. The number of carboxylic acid groups (broad SMARTS) is 1. The average Bonchev–Trinajstić information content (AvgIpc) is 3.49. The summed E-state index contributed by atoms with van der Waals surface area (Å²) in [5.74, 6) is 0.494. The number of anilines is 2. The van der Waals surface area contributed by atoms with Crippen LogP contribution in [0.4, 0.5) is 16.2 Å². The van der Waals surface area contributed by atoms with Crippen molar-refractivity contribution in [2.24, 2.45) is 5.92 Å². The van der Waals surface area contributed by atoms with Gasteiger partial charge < -0.3 is 40.0 Å². The number of carbonyl (C=O) groups excluding carboxylic acids is 2. The first kappa shape index (κ1) is 31.6. The Balaban J connectivity index is 1.33. The molecule has 0 aromatic heterocycles. The van der Waals surface area contributed by atoms with Crippen LogP contribution < -0.4 is 24.8 Å². The standard InChI is InChI=1S/C33H38N4O8/c1-20-15-37(21(2)18-38)31(39)13-24-12-25(34-33(42)35-26-9-11-28-29(14-26)44-19-43-28)8-10-27(24)45-30(20)17-36(3)16-22-4-6-23(7-5-22)32(40)41/h4-12,14,20-21,30,38H,13,15-19H2,1-3H3,(H,40,41)(H2,34,35,42)/t20-,21-,30-/m0/s1. The minimum absolute atomic E-state index is 0.0319. The molecular weight excluding hydrogens is 580 g/mol. The fraction of sp³-hybridized carbons (Fsp3) is 0.364. The summed E-state index contributed by atoms with van der Waals surface area (Å²) in [6.07, 6.45) is -0.288. The highest BCUT2D eigenvalue weighted by Gasteiger charge is 2.31. The van der Waals surface area contributed by atoms with Gasteiger partial charge in [-0.1, -0.05) is 19.1 Å². The molecule has 0 saturated heterocycles. The molecule has 3 aromatic carbocycles. The number of aliphatic hydroxyl groups is 1. The first-order valence-corrected chi connectivity index (χ1v) is 14.8. The van der Waals surface area contributed by atoms with Gasteiger partial charge in [-0.25, -0.2) is 9.59 Å². The third-order valence-corrected chi connectivity index (χ3v) is 7.95. The lowest BCUT2D eigenvalue weighted by atomic mass is 10.0. The van der Waals surface area contributed by atoms with Crippen molar-refractivity contribution in [3.8, 4) is 17.2 Å². The van der Waals surface area contributed by atoms with Crippen molar-refractivity contribution in [2.45, 2.75) is 39.0 Å². The first-order valence-electron chi connectivity index (χ1n) is 14.8. The quantitative estimate of drug-likeness (QED) is 0.279. The van der Waals surface area contributed by atoms with Crippen LogP contribution in [0.1, 0.15) is 35.3 Å². The summed E-state index contributed by atoms with van der Waals surface area (Å²) in [5.41, 5.74) is 2.82. The summed E-state index contributed by atoms with van der Waals surface area (Å²) in [4.78, 5) is 41.4. The Hall–Kier alpha value is -4.81. The number of amides is 3. The number of carboxylic acids is 1. The number of ether oxygens (including phenoxy) is 3. The fourth-order valence-electron chi connectivity index (χ4n) is 5.43. The molecule has 5 rings (SSSR count). The molecule has 45 heavy (non-hydrogen) atoms. The smallest absolute Gasteiger partial charge is 0.335 e. The zero-order valence-corrected chi connectivity index (χ0v) is 25.5. The zero-order valence-electron chi connectivity index (χ0n) is 25.5. The molecule has 0 saturated carbocycles. The number of aliphatic hydroxyl groups excluding tert-OH is 1. The van der Waals surface area contributed by atoms with Gasteiger partial charge in [-0.3, -0.25) is 9.69 Å². The number of urea groups is 1. The maximum atomic E-state index is 13.5. The highest BCUT2D eigenvalue weighted by Crippen LogP contribution is 2.34. The second-order valence-electron chi connectivity index (χ2n) is 11.6. The lowest BCUT2D eigenvalue weighted by molar-refractivity contribution is -0.134. The van der Waals surface area contributed by atoms with Gasteiger partial charge >= 0.3 is 12.0 Å². The van der Waals surface area contributed by atoms with Crippen LogP contribution in [0.3, 0.4) is 0 Å². The van der Waals surface area contributed by atoms with Crippen molar-refractivity contribution in [1.82, 2.24) is 9.80 Å². The van der Waals surface area contributed by atoms with Crippen molar-refractivity contribution in [2.75, 3.05) is 44.2 Å². The Kier molecular flexibility index (Phi) is 9.74. The summed E-state index contributed by atoms with van der Waals surface area (Å²) < 4.78 is 17.3. The topological polar surface area (TPSA) is 150 Å². The number of fused-ring (bicyclic) bond motifs is 2. The normalized spacial score (nSPS) is 18.2. The number of likely N-dealkylation sites (N-methyl/N-ethyl adjacent to an activating group) is 1. The fourth-order valence-corrected chi connectivity index (χ4v) is 5.43. The Bertz CT molecular complexity index is 1550. The van der Waals surface area contributed by atoms with Crippen molar-refractivity contribution in [3.63, 3.8) is 0 Å². The van der Waals surface area contributed by atoms with Crippen LogP contribution in [0.2, 0.25) is 0 Å². The summed E-state index contributed by atoms with van der Waals surface area (Å²) in [7, 11) is 1.96. The number of rotatable bonds is 9. The molecule has 3 atom stereocenters. The number of benzene rings is 3. The van der Waals surface area contributed by atoms with Crippen LogP contribution >= 0.6 is 0 Å². The molecule has 4 N–H and O–H groups in total. The van der Waals surface area contributed by atoms with Crippen LogP contribution in [0.15, 0.2) is 60.7 Å². The second kappa shape index (κ2) is 13.9. The summed E-state index contributed by atoms with van der Waals surface area (Å²) in [5, 5.41) is 24.7. The van der Waals surface area contributed by atoms with Crippen LogP contribution in [-0.4, -0.2) is 83.6 Å². The zero-order chi connectivity index (χ0) is 32.1. The molecule has 12 nitrogen and oxygen atoms in total. The predicted molar refractivity (Wildman–Crippen MR) is 167 cm³/mol. The van der Waals surface area contributed by atoms with Gasteiger partial charge in [0.1, 0.15) is 11.9 Å². The van der Waals surface area contributed by atoms with E-state index in [9.17, 15) is 24.6 Å². The molecular formula is C33H38N4O8. The number of carbonyl (C=O) groups is 3. The average molecular weight is 619 g/mol. The highest BCUT2D eigenvalue weighted by molar-refractivity contribution is 6.00. The minimum Gasteiger partial charge on any atom is -0.488 e. The van der Waals surface area contributed by atoms with E-state index in [0.717, 1.165) is 5.56 Å². The number of nitrogens with one attached hydrogen (secondary N) is 2. The van der Waals surface area contributed by atoms with E-state index in [4.69, 9.17) is 14.2 Å². The van der Waals surface area contributed by atoms with E-state index < -0.39 is 12.0 Å². The third kappa shape index (κ3) is 7.83. The van der Waals surface area contributed by atoms with E-state index in [0.29, 0.717) is 53.8 Å². The van der Waals surface area contributed by atoms with E-state index >= 15 is 0 Å². The molecule has 0 spiro atoms. The van der Waals surface area contributed by atoms with Gasteiger partial charge in [0, 0.05) is 48.6 Å². The van der Waals surface area contributed by atoms with Gasteiger partial charge in [-0.15, -0.1) is 0 Å². The summed E-state index contributed by atoms with van der Waals surface area (Å²) >= 11 is 0. The maximum Gasteiger partial charge on any atom is 0.335 e. The van der Waals surface area contributed by atoms with Gasteiger partial charge in [-0.2, -0.15) is 0 Å². The first-order chi connectivity index (χ1) is 21.6. The Morgan fingerprint density at radius 1 is 1.00 bits per heavy atom. The molecule has 3 aromatic rings. The van der Waals surface area contributed by atoms with E-state index in [2.05, 4.69) is 15.5 Å². The van der Waals surface area contributed by atoms with E-state index in [1.165, 1.54) is 0 Å². The molecule has 0 radical (unpaired) electrons. The van der Waals surface area contributed by atoms with Crippen LogP contribution in [0.5, 0.6) is 17.2 Å². The third-order valence-electron chi connectivity index (χ3n) is 7.95. The SMILES string of the molecule is C[C@H]1CN([C@@H](C)CO)C(=O)Cc2cc(NC(=O)Nc3ccc4c(c3)OCO4)ccc2O[C@H]1CN(C)Cc1ccc(C(=O)O)cc1. The van der Waals surface area contributed by atoms with Gasteiger partial charge in [-0.05, 0) is 62.0 Å². The summed E-state index contributed by atoms with van der Waals surface area (Å²) in [6, 6.07) is 16.2. The van der Waals surface area contributed by atoms with Crippen LogP contribution in [0.25, 0.3) is 0 Å². The molecule has 238 valence electrons. The van der Waals surface area contributed by atoms with Gasteiger partial charge in [0.2, 0.25) is 12.7 Å². The summed E-state index contributed by atoms with van der Waals surface area (Å²) in [6.45, 7) is 5.27. The van der Waals surface area contributed by atoms with Crippen molar-refractivity contribution < 1.29 is 38.8 Å². The molecule has 0 fully saturated rings. The van der Waals surface area contributed by atoms with Gasteiger partial charge in [0.25, 0.3) is 0 Å². The molecule has 12 heteroatoms. The maximum absolute atomic E-state index is 13.5. The lowest BCUT2D eigenvalue weighted by Crippen LogP contribution is -2.47. The van der Waals surface area contributed by atoms with Crippen LogP contribution in [0, 0.1) is 5.92 Å².